The Bertz CT molecular complexity index is 796. The molecule has 24 heavy (non-hydrogen) atoms. The van der Waals surface area contributed by atoms with E-state index in [1.807, 2.05) is 54.6 Å². The van der Waals surface area contributed by atoms with Crippen LogP contribution in [0.5, 0.6) is 5.75 Å². The second kappa shape index (κ2) is 7.68. The van der Waals surface area contributed by atoms with E-state index in [0.29, 0.717) is 12.3 Å². The van der Waals surface area contributed by atoms with Crippen LogP contribution in [0.1, 0.15) is 19.1 Å². The number of fused-ring (bicyclic) bond motifs is 1. The van der Waals surface area contributed by atoms with Crippen LogP contribution < -0.4 is 10.1 Å². The summed E-state index contributed by atoms with van der Waals surface area (Å²) in [6.45, 7) is 2.36. The predicted octanol–water partition coefficient (Wildman–Crippen LogP) is 3.95. The van der Waals surface area contributed by atoms with Gasteiger partial charge in [0.1, 0.15) is 11.5 Å². The van der Waals surface area contributed by atoms with Crippen LogP contribution in [0.2, 0.25) is 0 Å². The first-order chi connectivity index (χ1) is 11.7. The van der Waals surface area contributed by atoms with Gasteiger partial charge in [0.05, 0.1) is 6.26 Å². The van der Waals surface area contributed by atoms with Gasteiger partial charge in [-0.25, -0.2) is 0 Å². The molecule has 0 aliphatic carbocycles. The lowest BCUT2D eigenvalue weighted by molar-refractivity contribution is -0.127. The predicted molar refractivity (Wildman–Crippen MR) is 94.1 cm³/mol. The van der Waals surface area contributed by atoms with Gasteiger partial charge >= 0.3 is 0 Å². The van der Waals surface area contributed by atoms with Gasteiger partial charge in [-0.15, -0.1) is 0 Å². The van der Waals surface area contributed by atoms with Gasteiger partial charge < -0.3 is 14.5 Å². The maximum absolute atomic E-state index is 12.1. The van der Waals surface area contributed by atoms with Gasteiger partial charge in [0.25, 0.3) is 5.91 Å². The molecule has 0 radical (unpaired) electrons. The highest BCUT2D eigenvalue weighted by atomic mass is 16.5. The van der Waals surface area contributed by atoms with Crippen molar-refractivity contribution < 1.29 is 13.9 Å². The average molecular weight is 323 g/mol. The van der Waals surface area contributed by atoms with Gasteiger partial charge in [-0.2, -0.15) is 0 Å². The van der Waals surface area contributed by atoms with E-state index in [-0.39, 0.29) is 5.91 Å². The van der Waals surface area contributed by atoms with Gasteiger partial charge in [-0.1, -0.05) is 30.3 Å². The summed E-state index contributed by atoms with van der Waals surface area (Å²) >= 11 is 0. The van der Waals surface area contributed by atoms with Crippen molar-refractivity contribution in [3.05, 3.63) is 66.6 Å². The lowest BCUT2D eigenvalue weighted by Crippen LogP contribution is -2.36. The van der Waals surface area contributed by atoms with Crippen molar-refractivity contribution in [2.75, 3.05) is 6.54 Å². The van der Waals surface area contributed by atoms with E-state index >= 15 is 0 Å². The third kappa shape index (κ3) is 4.16. The molecular weight excluding hydrogens is 302 g/mol. The number of carbonyl (C=O) groups excluding carboxylic acids is 1. The minimum Gasteiger partial charge on any atom is -0.481 e. The number of benzene rings is 2. The number of hydrogen-bond donors (Lipinski definition) is 1. The van der Waals surface area contributed by atoms with Gasteiger partial charge in [0.2, 0.25) is 0 Å². The first-order valence-electron chi connectivity index (χ1n) is 8.18. The zero-order valence-electron chi connectivity index (χ0n) is 13.7. The van der Waals surface area contributed by atoms with E-state index in [1.165, 1.54) is 0 Å². The van der Waals surface area contributed by atoms with Crippen molar-refractivity contribution >= 4 is 16.7 Å². The Kier molecular flexibility index (Phi) is 5.16. The molecule has 4 nitrogen and oxygen atoms in total. The van der Waals surface area contributed by atoms with Gasteiger partial charge in [0.15, 0.2) is 6.10 Å². The van der Waals surface area contributed by atoms with E-state index in [1.54, 1.807) is 13.2 Å². The first kappa shape index (κ1) is 16.1. The van der Waals surface area contributed by atoms with Crippen LogP contribution in [-0.4, -0.2) is 18.6 Å². The summed E-state index contributed by atoms with van der Waals surface area (Å²) in [5.41, 5.74) is 0. The minimum atomic E-state index is -0.533. The fraction of sp³-hybridized carbons (Fsp3) is 0.250. The molecule has 0 saturated carbocycles. The number of ether oxygens (including phenoxy) is 1. The molecule has 3 rings (SSSR count). The average Bonchev–Trinajstić information content (AvgIpc) is 3.12. The van der Waals surface area contributed by atoms with Crippen LogP contribution >= 0.6 is 0 Å². The summed E-state index contributed by atoms with van der Waals surface area (Å²) < 4.78 is 11.0. The lowest BCUT2D eigenvalue weighted by Gasteiger charge is -2.15. The zero-order chi connectivity index (χ0) is 16.8. The summed E-state index contributed by atoms with van der Waals surface area (Å²) in [5.74, 6) is 1.53. The smallest absolute Gasteiger partial charge is 0.260 e. The monoisotopic (exact) mass is 323 g/mol. The Morgan fingerprint density at radius 2 is 1.96 bits per heavy atom. The largest absolute Gasteiger partial charge is 0.481 e. The Labute approximate surface area is 141 Å². The number of carbonyl (C=O) groups is 1. The minimum absolute atomic E-state index is 0.109. The molecule has 3 aromatic rings. The molecule has 1 unspecified atom stereocenters. The molecule has 1 amide bonds. The molecule has 0 fully saturated rings. The summed E-state index contributed by atoms with van der Waals surface area (Å²) in [4.78, 5) is 12.1. The third-order valence-electron chi connectivity index (χ3n) is 3.88. The maximum Gasteiger partial charge on any atom is 0.260 e. The number of nitrogens with one attached hydrogen (secondary N) is 1. The standard InChI is InChI=1S/C20H21NO3/c1-15(20(22)21-12-4-8-18-9-5-13-23-18)24-19-11-10-16-6-2-3-7-17(16)14-19/h2-3,5-7,9-11,13-15H,4,8,12H2,1H3,(H,21,22). The van der Waals surface area contributed by atoms with Crippen LogP contribution in [0.25, 0.3) is 10.8 Å². The molecule has 2 aromatic carbocycles. The summed E-state index contributed by atoms with van der Waals surface area (Å²) in [5, 5.41) is 5.15. The highest BCUT2D eigenvalue weighted by Gasteiger charge is 2.14. The molecule has 0 bridgehead atoms. The number of rotatable bonds is 7. The van der Waals surface area contributed by atoms with Crippen molar-refractivity contribution in [1.29, 1.82) is 0 Å². The molecule has 1 heterocycles. The highest BCUT2D eigenvalue weighted by molar-refractivity contribution is 5.84. The van der Waals surface area contributed by atoms with Gasteiger partial charge in [-0.05, 0) is 48.4 Å². The van der Waals surface area contributed by atoms with Crippen LogP contribution in [0.3, 0.4) is 0 Å². The summed E-state index contributed by atoms with van der Waals surface area (Å²) in [6.07, 6.45) is 2.78. The SMILES string of the molecule is CC(Oc1ccc2ccccc2c1)C(=O)NCCCc1ccco1. The van der Waals surface area contributed by atoms with E-state index in [0.717, 1.165) is 29.4 Å². The summed E-state index contributed by atoms with van der Waals surface area (Å²) in [6, 6.07) is 17.7. The Morgan fingerprint density at radius 3 is 2.75 bits per heavy atom. The fourth-order valence-electron chi connectivity index (χ4n) is 2.57. The van der Waals surface area contributed by atoms with E-state index in [9.17, 15) is 4.79 Å². The highest BCUT2D eigenvalue weighted by Crippen LogP contribution is 2.21. The molecule has 124 valence electrons. The maximum atomic E-state index is 12.1. The molecule has 0 spiro atoms. The van der Waals surface area contributed by atoms with Crippen LogP contribution in [0.15, 0.2) is 65.3 Å². The molecule has 0 saturated heterocycles. The van der Waals surface area contributed by atoms with Crippen molar-refractivity contribution in [1.82, 2.24) is 5.32 Å². The molecule has 1 aromatic heterocycles. The van der Waals surface area contributed by atoms with Crippen molar-refractivity contribution in [3.8, 4) is 5.75 Å². The number of hydrogen-bond acceptors (Lipinski definition) is 3. The zero-order valence-corrected chi connectivity index (χ0v) is 13.7. The first-order valence-corrected chi connectivity index (χ1v) is 8.18. The third-order valence-corrected chi connectivity index (χ3v) is 3.88. The lowest BCUT2D eigenvalue weighted by atomic mass is 10.1. The van der Waals surface area contributed by atoms with Gasteiger partial charge in [0, 0.05) is 13.0 Å². The topological polar surface area (TPSA) is 51.5 Å². The molecule has 4 heteroatoms. The Hall–Kier alpha value is -2.75. The van der Waals surface area contributed by atoms with Crippen LogP contribution in [-0.2, 0) is 11.2 Å². The molecule has 0 aliphatic heterocycles. The second-order valence-corrected chi connectivity index (χ2v) is 5.74. The van der Waals surface area contributed by atoms with E-state index < -0.39 is 6.10 Å². The number of aryl methyl sites for hydroxylation is 1. The van der Waals surface area contributed by atoms with Crippen molar-refractivity contribution in [2.24, 2.45) is 0 Å². The van der Waals surface area contributed by atoms with E-state index in [2.05, 4.69) is 5.32 Å². The quantitative estimate of drug-likeness (QED) is 0.670. The second-order valence-electron chi connectivity index (χ2n) is 5.74. The Morgan fingerprint density at radius 1 is 1.12 bits per heavy atom. The number of furan rings is 1. The van der Waals surface area contributed by atoms with Crippen LogP contribution in [0, 0.1) is 0 Å². The van der Waals surface area contributed by atoms with E-state index in [4.69, 9.17) is 9.15 Å². The molecule has 1 atom stereocenters. The normalized spacial score (nSPS) is 12.0. The molecule has 0 aliphatic rings. The molecule has 1 N–H and O–H groups in total. The van der Waals surface area contributed by atoms with Gasteiger partial charge in [-0.3, -0.25) is 4.79 Å². The van der Waals surface area contributed by atoms with Crippen molar-refractivity contribution in [2.45, 2.75) is 25.9 Å². The van der Waals surface area contributed by atoms with Crippen LogP contribution in [0.4, 0.5) is 0 Å². The van der Waals surface area contributed by atoms with Crippen molar-refractivity contribution in [3.63, 3.8) is 0 Å². The summed E-state index contributed by atoms with van der Waals surface area (Å²) in [7, 11) is 0. The molecular formula is C20H21NO3. The fourth-order valence-corrected chi connectivity index (χ4v) is 2.57. The Balaban J connectivity index is 1.47. The number of amides is 1.